The van der Waals surface area contributed by atoms with E-state index in [1.54, 1.807) is 0 Å². The van der Waals surface area contributed by atoms with Crippen LogP contribution in [-0.2, 0) is 23.1 Å². The third kappa shape index (κ3) is 5.51. The van der Waals surface area contributed by atoms with Gasteiger partial charge in [-0.1, -0.05) is 55.8 Å². The molecule has 0 aliphatic rings. The van der Waals surface area contributed by atoms with Crippen LogP contribution in [0.1, 0.15) is 50.0 Å². The molecule has 1 heterocycles. The zero-order valence-corrected chi connectivity index (χ0v) is 14.3. The third-order valence-corrected chi connectivity index (χ3v) is 3.54. The van der Waals surface area contributed by atoms with Gasteiger partial charge in [0, 0.05) is 24.8 Å². The maximum Gasteiger partial charge on any atom is 0.232 e. The van der Waals surface area contributed by atoms with E-state index in [9.17, 15) is 4.79 Å². The van der Waals surface area contributed by atoms with Crippen LogP contribution in [0.2, 0.25) is 0 Å². The second-order valence-corrected chi connectivity index (χ2v) is 6.85. The lowest BCUT2D eigenvalue weighted by Gasteiger charge is -2.10. The highest BCUT2D eigenvalue weighted by molar-refractivity contribution is 5.76. The van der Waals surface area contributed by atoms with E-state index in [4.69, 9.17) is 4.52 Å². The molecule has 23 heavy (non-hydrogen) atoms. The Bertz CT molecular complexity index is 639. The first-order valence-electron chi connectivity index (χ1n) is 8.00. The van der Waals surface area contributed by atoms with E-state index in [1.807, 2.05) is 20.8 Å². The molecule has 0 aliphatic carbocycles. The fourth-order valence-corrected chi connectivity index (χ4v) is 2.07. The van der Waals surface area contributed by atoms with Crippen LogP contribution in [0, 0.1) is 6.92 Å². The maximum absolute atomic E-state index is 11.9. The van der Waals surface area contributed by atoms with Gasteiger partial charge in [-0.15, -0.1) is 0 Å². The number of rotatable bonds is 6. The van der Waals surface area contributed by atoms with Gasteiger partial charge in [0.1, 0.15) is 0 Å². The van der Waals surface area contributed by atoms with Crippen LogP contribution in [0.15, 0.2) is 28.8 Å². The van der Waals surface area contributed by atoms with Crippen LogP contribution in [0.4, 0.5) is 0 Å². The van der Waals surface area contributed by atoms with E-state index in [0.717, 1.165) is 6.42 Å². The van der Waals surface area contributed by atoms with Gasteiger partial charge in [0.05, 0.1) is 0 Å². The molecule has 0 spiro atoms. The number of carbonyl (C=O) groups is 1. The summed E-state index contributed by atoms with van der Waals surface area (Å²) >= 11 is 0. The average molecular weight is 315 g/mol. The molecule has 2 aromatic rings. The summed E-state index contributed by atoms with van der Waals surface area (Å²) in [5.74, 6) is 1.30. The van der Waals surface area contributed by atoms with Crippen LogP contribution in [0.25, 0.3) is 0 Å². The first-order chi connectivity index (χ1) is 10.8. The minimum atomic E-state index is -0.150. The quantitative estimate of drug-likeness (QED) is 0.890. The van der Waals surface area contributed by atoms with Gasteiger partial charge in [-0.25, -0.2) is 0 Å². The minimum absolute atomic E-state index is 0.0464. The largest absolute Gasteiger partial charge is 0.356 e. The predicted octanol–water partition coefficient (Wildman–Crippen LogP) is 2.97. The molecular formula is C18H25N3O2. The molecule has 0 unspecified atom stereocenters. The molecule has 2 rings (SSSR count). The molecule has 1 aromatic carbocycles. The van der Waals surface area contributed by atoms with Crippen molar-refractivity contribution in [2.24, 2.45) is 0 Å². The van der Waals surface area contributed by atoms with Gasteiger partial charge in [-0.05, 0) is 18.9 Å². The van der Waals surface area contributed by atoms with Crippen molar-refractivity contribution in [3.8, 4) is 0 Å². The highest BCUT2D eigenvalue weighted by Gasteiger charge is 2.21. The summed E-state index contributed by atoms with van der Waals surface area (Å²) < 4.78 is 5.23. The molecule has 124 valence electrons. The van der Waals surface area contributed by atoms with Crippen molar-refractivity contribution in [2.75, 3.05) is 6.54 Å². The first kappa shape index (κ1) is 17.2. The van der Waals surface area contributed by atoms with Gasteiger partial charge in [0.15, 0.2) is 5.82 Å². The summed E-state index contributed by atoms with van der Waals surface area (Å²) in [6.45, 7) is 8.65. The Morgan fingerprint density at radius 3 is 2.48 bits per heavy atom. The number of aryl methyl sites for hydroxylation is 2. The number of hydrogen-bond acceptors (Lipinski definition) is 4. The van der Waals surface area contributed by atoms with Crippen LogP contribution in [0.3, 0.4) is 0 Å². The van der Waals surface area contributed by atoms with Gasteiger partial charge >= 0.3 is 0 Å². The number of aromatic nitrogens is 2. The zero-order chi connectivity index (χ0) is 16.9. The topological polar surface area (TPSA) is 68.0 Å². The van der Waals surface area contributed by atoms with Gasteiger partial charge in [-0.2, -0.15) is 4.98 Å². The molecule has 0 saturated heterocycles. The lowest BCUT2D eigenvalue weighted by atomic mass is 9.97. The lowest BCUT2D eigenvalue weighted by molar-refractivity contribution is -0.121. The maximum atomic E-state index is 11.9. The Labute approximate surface area is 137 Å². The molecule has 0 aliphatic heterocycles. The predicted molar refractivity (Wildman–Crippen MR) is 89.2 cm³/mol. The molecule has 0 fully saturated rings. The smallest absolute Gasteiger partial charge is 0.232 e. The van der Waals surface area contributed by atoms with E-state index < -0.39 is 0 Å². The van der Waals surface area contributed by atoms with Crippen LogP contribution in [-0.4, -0.2) is 22.6 Å². The van der Waals surface area contributed by atoms with E-state index in [1.165, 1.54) is 11.1 Å². The van der Waals surface area contributed by atoms with Gasteiger partial charge < -0.3 is 9.84 Å². The Kier molecular flexibility index (Phi) is 5.53. The molecule has 1 aromatic heterocycles. The summed E-state index contributed by atoms with van der Waals surface area (Å²) in [5.41, 5.74) is 2.26. The van der Waals surface area contributed by atoms with Crippen molar-refractivity contribution in [3.63, 3.8) is 0 Å². The van der Waals surface area contributed by atoms with Crippen LogP contribution in [0.5, 0.6) is 0 Å². The van der Waals surface area contributed by atoms with Crippen LogP contribution < -0.4 is 5.32 Å². The van der Waals surface area contributed by atoms with Crippen molar-refractivity contribution in [1.29, 1.82) is 0 Å². The lowest BCUT2D eigenvalue weighted by Crippen LogP contribution is -2.26. The van der Waals surface area contributed by atoms with E-state index >= 15 is 0 Å². The average Bonchev–Trinajstić information content (AvgIpc) is 2.96. The molecule has 1 amide bonds. The number of nitrogens with one attached hydrogen (secondary N) is 1. The number of hydrogen-bond donors (Lipinski definition) is 1. The molecular weight excluding hydrogens is 290 g/mol. The Balaban J connectivity index is 1.70. The van der Waals surface area contributed by atoms with E-state index in [0.29, 0.717) is 31.1 Å². The normalized spacial score (nSPS) is 11.5. The fourth-order valence-electron chi connectivity index (χ4n) is 2.07. The SMILES string of the molecule is Cc1ccc(CCC(=O)NCCc2noc(C(C)(C)C)n2)cc1. The summed E-state index contributed by atoms with van der Waals surface area (Å²) in [5, 5.41) is 6.84. The molecule has 0 atom stereocenters. The molecule has 5 nitrogen and oxygen atoms in total. The van der Waals surface area contributed by atoms with Crippen molar-refractivity contribution in [2.45, 2.75) is 52.4 Å². The summed E-state index contributed by atoms with van der Waals surface area (Å²) in [6, 6.07) is 8.26. The van der Waals surface area contributed by atoms with Crippen molar-refractivity contribution in [1.82, 2.24) is 15.5 Å². The van der Waals surface area contributed by atoms with Crippen LogP contribution >= 0.6 is 0 Å². The van der Waals surface area contributed by atoms with Crippen molar-refractivity contribution in [3.05, 3.63) is 47.1 Å². The third-order valence-electron chi connectivity index (χ3n) is 3.54. The van der Waals surface area contributed by atoms with E-state index in [2.05, 4.69) is 46.6 Å². The van der Waals surface area contributed by atoms with Crippen molar-refractivity contribution >= 4 is 5.91 Å². The number of nitrogens with zero attached hydrogens (tertiary/aromatic N) is 2. The molecule has 1 N–H and O–H groups in total. The summed E-state index contributed by atoms with van der Waals surface area (Å²) in [7, 11) is 0. The van der Waals surface area contributed by atoms with Gasteiger partial charge in [0.2, 0.25) is 11.8 Å². The molecule has 5 heteroatoms. The standard InChI is InChI=1S/C18H25N3O2/c1-13-5-7-14(8-6-13)9-10-16(22)19-12-11-15-20-17(23-21-15)18(2,3)4/h5-8H,9-12H2,1-4H3,(H,19,22). The zero-order valence-electron chi connectivity index (χ0n) is 14.3. The first-order valence-corrected chi connectivity index (χ1v) is 8.00. The van der Waals surface area contributed by atoms with Gasteiger partial charge in [-0.3, -0.25) is 4.79 Å². The Hall–Kier alpha value is -2.17. The minimum Gasteiger partial charge on any atom is -0.356 e. The van der Waals surface area contributed by atoms with Crippen molar-refractivity contribution < 1.29 is 9.32 Å². The monoisotopic (exact) mass is 315 g/mol. The summed E-state index contributed by atoms with van der Waals surface area (Å²) in [4.78, 5) is 16.2. The van der Waals surface area contributed by atoms with E-state index in [-0.39, 0.29) is 11.3 Å². The Morgan fingerprint density at radius 1 is 1.17 bits per heavy atom. The highest BCUT2D eigenvalue weighted by Crippen LogP contribution is 2.19. The number of carbonyl (C=O) groups excluding carboxylic acids is 1. The van der Waals surface area contributed by atoms with Gasteiger partial charge in [0.25, 0.3) is 0 Å². The highest BCUT2D eigenvalue weighted by atomic mass is 16.5. The Morgan fingerprint density at radius 2 is 1.87 bits per heavy atom. The second kappa shape index (κ2) is 7.40. The molecule has 0 saturated carbocycles. The number of benzene rings is 1. The molecule has 0 radical (unpaired) electrons. The second-order valence-electron chi connectivity index (χ2n) is 6.85. The summed E-state index contributed by atoms with van der Waals surface area (Å²) in [6.07, 6.45) is 1.82. The molecule has 0 bridgehead atoms. The number of amides is 1. The fraction of sp³-hybridized carbons (Fsp3) is 0.500.